The van der Waals surface area contributed by atoms with Crippen LogP contribution in [0.2, 0.25) is 5.02 Å². The van der Waals surface area contributed by atoms with E-state index in [-0.39, 0.29) is 27.8 Å². The molecule has 0 saturated carbocycles. The lowest BCUT2D eigenvalue weighted by molar-refractivity contribution is -0.132. The Kier molecular flexibility index (Phi) is 4.95. The number of nitrogens with zero attached hydrogens (tertiary/aromatic N) is 1. The summed E-state index contributed by atoms with van der Waals surface area (Å²) in [5.41, 5.74) is 2.18. The van der Waals surface area contributed by atoms with Crippen LogP contribution in [0.15, 0.2) is 64.8 Å². The van der Waals surface area contributed by atoms with E-state index in [1.165, 1.54) is 18.4 Å². The fourth-order valence-corrected chi connectivity index (χ4v) is 3.76. The minimum Gasteiger partial charge on any atom is -0.507 e. The van der Waals surface area contributed by atoms with Crippen molar-refractivity contribution in [2.75, 3.05) is 4.90 Å². The number of amides is 1. The molecule has 4 rings (SSSR count). The van der Waals surface area contributed by atoms with Gasteiger partial charge in [-0.1, -0.05) is 29.3 Å². The molecule has 1 saturated heterocycles. The Balaban J connectivity index is 1.96. The fourth-order valence-electron chi connectivity index (χ4n) is 3.59. The SMILES string of the molecule is Cc1ccc(C)c(/C(O)=C2/C(=O)C(=O)N(c3ccc(F)c(Cl)c3)C2c2ccco2)c1. The van der Waals surface area contributed by atoms with Gasteiger partial charge in [-0.15, -0.1) is 0 Å². The smallest absolute Gasteiger partial charge is 0.300 e. The van der Waals surface area contributed by atoms with E-state index in [4.69, 9.17) is 16.0 Å². The maximum atomic E-state index is 13.7. The summed E-state index contributed by atoms with van der Waals surface area (Å²) >= 11 is 5.90. The van der Waals surface area contributed by atoms with Crippen LogP contribution in [0.3, 0.4) is 0 Å². The van der Waals surface area contributed by atoms with Crippen LogP contribution in [-0.2, 0) is 9.59 Å². The molecule has 5 nitrogen and oxygen atoms in total. The second kappa shape index (κ2) is 7.46. The number of furan rings is 1. The predicted octanol–water partition coefficient (Wildman–Crippen LogP) is 5.32. The van der Waals surface area contributed by atoms with Crippen LogP contribution in [0, 0.1) is 19.7 Å². The Morgan fingerprint density at radius 1 is 1.13 bits per heavy atom. The Hall–Kier alpha value is -3.38. The van der Waals surface area contributed by atoms with Gasteiger partial charge in [0.05, 0.1) is 16.9 Å². The van der Waals surface area contributed by atoms with Crippen molar-refractivity contribution in [3.8, 4) is 0 Å². The van der Waals surface area contributed by atoms with Gasteiger partial charge in [0.2, 0.25) is 0 Å². The summed E-state index contributed by atoms with van der Waals surface area (Å²) in [6, 6.07) is 11.4. The van der Waals surface area contributed by atoms with E-state index >= 15 is 0 Å². The second-order valence-electron chi connectivity index (χ2n) is 7.10. The second-order valence-corrected chi connectivity index (χ2v) is 7.51. The number of anilines is 1. The molecule has 2 heterocycles. The predicted molar refractivity (Wildman–Crippen MR) is 111 cm³/mol. The standard InChI is InChI=1S/C23H17ClFNO4/c1-12-5-6-13(2)15(10-12)21(27)19-20(18-4-3-9-30-18)26(23(29)22(19)28)14-7-8-17(25)16(24)11-14/h3-11,20,27H,1-2H3/b21-19-. The van der Waals surface area contributed by atoms with Gasteiger partial charge in [0.25, 0.3) is 11.7 Å². The number of Topliss-reactive ketones (excluding diaryl/α,β-unsaturated/α-hetero) is 1. The van der Waals surface area contributed by atoms with E-state index in [9.17, 15) is 19.1 Å². The summed E-state index contributed by atoms with van der Waals surface area (Å²) in [5.74, 6) is -2.41. The van der Waals surface area contributed by atoms with Crippen molar-refractivity contribution >= 4 is 34.7 Å². The molecule has 0 bridgehead atoms. The van der Waals surface area contributed by atoms with Gasteiger partial charge in [0.1, 0.15) is 23.4 Å². The number of aryl methyl sites for hydroxylation is 2. The van der Waals surface area contributed by atoms with E-state index in [0.717, 1.165) is 22.1 Å². The summed E-state index contributed by atoms with van der Waals surface area (Å²) in [4.78, 5) is 27.1. The van der Waals surface area contributed by atoms with Crippen LogP contribution in [0.25, 0.3) is 5.76 Å². The van der Waals surface area contributed by atoms with Crippen LogP contribution in [0.5, 0.6) is 0 Å². The number of carbonyl (C=O) groups is 2. The number of carbonyl (C=O) groups excluding carboxylic acids is 2. The van der Waals surface area contributed by atoms with Crippen LogP contribution in [-0.4, -0.2) is 16.8 Å². The van der Waals surface area contributed by atoms with Crippen LogP contribution in [0.1, 0.15) is 28.5 Å². The first-order chi connectivity index (χ1) is 14.3. The lowest BCUT2D eigenvalue weighted by Crippen LogP contribution is -2.29. The Morgan fingerprint density at radius 3 is 2.57 bits per heavy atom. The normalized spacial score (nSPS) is 18.3. The molecule has 1 fully saturated rings. The Morgan fingerprint density at radius 2 is 1.90 bits per heavy atom. The molecule has 1 amide bonds. The van der Waals surface area contributed by atoms with E-state index < -0.39 is 23.5 Å². The maximum absolute atomic E-state index is 13.7. The van der Waals surface area contributed by atoms with Gasteiger partial charge < -0.3 is 9.52 Å². The van der Waals surface area contributed by atoms with Gasteiger partial charge in [0, 0.05) is 11.3 Å². The minimum absolute atomic E-state index is 0.107. The van der Waals surface area contributed by atoms with Gasteiger partial charge in [-0.25, -0.2) is 4.39 Å². The maximum Gasteiger partial charge on any atom is 0.300 e. The molecule has 1 aromatic heterocycles. The molecule has 1 unspecified atom stereocenters. The molecule has 0 spiro atoms. The number of hydrogen-bond acceptors (Lipinski definition) is 4. The summed E-state index contributed by atoms with van der Waals surface area (Å²) in [6.45, 7) is 3.66. The lowest BCUT2D eigenvalue weighted by Gasteiger charge is -2.23. The highest BCUT2D eigenvalue weighted by atomic mass is 35.5. The third-order valence-electron chi connectivity index (χ3n) is 5.09. The van der Waals surface area contributed by atoms with Crippen LogP contribution in [0.4, 0.5) is 10.1 Å². The van der Waals surface area contributed by atoms with Crippen LogP contribution >= 0.6 is 11.6 Å². The molecule has 1 aliphatic rings. The van der Waals surface area contributed by atoms with Gasteiger partial charge in [0.15, 0.2) is 0 Å². The van der Waals surface area contributed by atoms with Crippen LogP contribution < -0.4 is 4.90 Å². The quantitative estimate of drug-likeness (QED) is 0.350. The van der Waals surface area contributed by atoms with E-state index in [2.05, 4.69) is 0 Å². The zero-order valence-electron chi connectivity index (χ0n) is 16.1. The topological polar surface area (TPSA) is 70.8 Å². The number of hydrogen-bond donors (Lipinski definition) is 1. The molecule has 3 aromatic rings. The fraction of sp³-hybridized carbons (Fsp3) is 0.130. The number of aliphatic hydroxyl groups is 1. The first-order valence-corrected chi connectivity index (χ1v) is 9.54. The summed E-state index contributed by atoms with van der Waals surface area (Å²) in [7, 11) is 0. The van der Waals surface area contributed by atoms with Crippen molar-refractivity contribution in [1.82, 2.24) is 0 Å². The average Bonchev–Trinajstić information content (AvgIpc) is 3.33. The monoisotopic (exact) mass is 425 g/mol. The van der Waals surface area contributed by atoms with Crippen molar-refractivity contribution < 1.29 is 23.5 Å². The molecular formula is C23H17ClFNO4. The first kappa shape index (κ1) is 19.9. The molecule has 152 valence electrons. The molecule has 30 heavy (non-hydrogen) atoms. The molecule has 2 aromatic carbocycles. The summed E-state index contributed by atoms with van der Waals surface area (Å²) in [5, 5.41) is 10.9. The molecule has 7 heteroatoms. The van der Waals surface area contributed by atoms with E-state index in [1.807, 2.05) is 19.1 Å². The number of benzene rings is 2. The zero-order chi connectivity index (χ0) is 21.6. The highest BCUT2D eigenvalue weighted by Crippen LogP contribution is 2.43. The third kappa shape index (κ3) is 3.19. The molecule has 0 aliphatic carbocycles. The Bertz CT molecular complexity index is 1200. The van der Waals surface area contributed by atoms with Gasteiger partial charge >= 0.3 is 0 Å². The number of ketones is 1. The molecule has 1 atom stereocenters. The first-order valence-electron chi connectivity index (χ1n) is 9.16. The van der Waals surface area contributed by atoms with Gasteiger partial charge in [-0.3, -0.25) is 14.5 Å². The van der Waals surface area contributed by atoms with Crippen molar-refractivity contribution in [2.24, 2.45) is 0 Å². The van der Waals surface area contributed by atoms with Crippen molar-refractivity contribution in [3.05, 3.63) is 93.7 Å². The zero-order valence-corrected chi connectivity index (χ0v) is 16.9. The largest absolute Gasteiger partial charge is 0.507 e. The van der Waals surface area contributed by atoms with Crippen molar-refractivity contribution in [2.45, 2.75) is 19.9 Å². The average molecular weight is 426 g/mol. The van der Waals surface area contributed by atoms with E-state index in [1.54, 1.807) is 25.1 Å². The molecule has 1 N–H and O–H groups in total. The lowest BCUT2D eigenvalue weighted by atomic mass is 9.96. The minimum atomic E-state index is -1.03. The van der Waals surface area contributed by atoms with Crippen molar-refractivity contribution in [1.29, 1.82) is 0 Å². The Labute approximate surface area is 177 Å². The van der Waals surface area contributed by atoms with Crippen molar-refractivity contribution in [3.63, 3.8) is 0 Å². The number of rotatable bonds is 3. The summed E-state index contributed by atoms with van der Waals surface area (Å²) in [6.07, 6.45) is 1.41. The molecule has 1 aliphatic heterocycles. The third-order valence-corrected chi connectivity index (χ3v) is 5.38. The number of aliphatic hydroxyl groups excluding tert-OH is 1. The highest BCUT2D eigenvalue weighted by Gasteiger charge is 2.48. The molecular weight excluding hydrogens is 409 g/mol. The summed E-state index contributed by atoms with van der Waals surface area (Å²) < 4.78 is 19.2. The molecule has 0 radical (unpaired) electrons. The highest BCUT2D eigenvalue weighted by molar-refractivity contribution is 6.51. The number of halogens is 2. The van der Waals surface area contributed by atoms with E-state index in [0.29, 0.717) is 5.56 Å². The van der Waals surface area contributed by atoms with Gasteiger partial charge in [-0.2, -0.15) is 0 Å². The van der Waals surface area contributed by atoms with Gasteiger partial charge in [-0.05, 0) is 55.8 Å².